The first-order chi connectivity index (χ1) is 16.8. The fraction of sp³-hybridized carbons (Fsp3) is 0.200. The number of ether oxygens (including phenoxy) is 1. The van der Waals surface area contributed by atoms with Crippen LogP contribution in [0.5, 0.6) is 0 Å². The molecule has 0 radical (unpaired) electrons. The number of halogens is 1. The lowest BCUT2D eigenvalue weighted by Crippen LogP contribution is -2.38. The molecule has 0 aliphatic rings. The molecule has 0 unspecified atom stereocenters. The predicted molar refractivity (Wildman–Crippen MR) is 131 cm³/mol. The molecule has 10 heteroatoms. The first-order valence-electron chi connectivity index (χ1n) is 10.8. The maximum Gasteiger partial charge on any atom is 0.348 e. The quantitative estimate of drug-likeness (QED) is 0.376. The maximum absolute atomic E-state index is 13.3. The van der Waals surface area contributed by atoms with Crippen LogP contribution in [0.2, 0.25) is 0 Å². The normalized spacial score (nSPS) is 10.9. The van der Waals surface area contributed by atoms with Crippen LogP contribution in [-0.4, -0.2) is 21.0 Å². The molecule has 4 rings (SSSR count). The van der Waals surface area contributed by atoms with Crippen molar-refractivity contribution in [1.29, 1.82) is 0 Å². The zero-order valence-corrected chi connectivity index (χ0v) is 19.6. The van der Waals surface area contributed by atoms with Gasteiger partial charge in [-0.25, -0.2) is 14.0 Å². The van der Waals surface area contributed by atoms with E-state index in [2.05, 4.69) is 5.32 Å². The summed E-state index contributed by atoms with van der Waals surface area (Å²) in [6.07, 6.45) is 0.253. The molecular formula is C25H22FN3O5S. The second-order valence-electron chi connectivity index (χ2n) is 7.85. The Hall–Kier alpha value is -4.05. The number of aryl methyl sites for hydroxylation is 1. The number of carbonyl (C=O) groups excluding carboxylic acids is 2. The molecule has 0 saturated carbocycles. The van der Waals surface area contributed by atoms with E-state index in [1.165, 1.54) is 35.9 Å². The van der Waals surface area contributed by atoms with Crippen LogP contribution in [0.25, 0.3) is 10.2 Å². The van der Waals surface area contributed by atoms with E-state index in [4.69, 9.17) is 4.74 Å². The molecule has 1 N–H and O–H groups in total. The summed E-state index contributed by atoms with van der Waals surface area (Å²) in [5.74, 6) is -1.41. The van der Waals surface area contributed by atoms with Crippen LogP contribution in [0, 0.1) is 5.82 Å². The van der Waals surface area contributed by atoms with Crippen molar-refractivity contribution in [3.63, 3.8) is 0 Å². The zero-order valence-electron chi connectivity index (χ0n) is 18.8. The van der Waals surface area contributed by atoms with Crippen molar-refractivity contribution in [2.45, 2.75) is 26.0 Å². The highest BCUT2D eigenvalue weighted by molar-refractivity contribution is 7.20. The number of rotatable bonds is 8. The molecule has 2 aromatic heterocycles. The molecule has 8 nitrogen and oxygen atoms in total. The Bertz CT molecular complexity index is 1510. The van der Waals surface area contributed by atoms with Crippen LogP contribution >= 0.6 is 11.3 Å². The standard InChI is InChI=1S/C25H22FN3O5S/c1-28-23-19(14-20(35-23)24(32)34-15-16-7-3-2-4-8-16)22(31)29(25(28)33)12-6-11-21(30)27-18-10-5-9-17(26)13-18/h2-5,7-10,13-14H,6,11-12,15H2,1H3,(H,27,30). The third-order valence-corrected chi connectivity index (χ3v) is 6.51. The van der Waals surface area contributed by atoms with E-state index >= 15 is 0 Å². The van der Waals surface area contributed by atoms with Crippen molar-refractivity contribution < 1.29 is 18.7 Å². The third-order valence-electron chi connectivity index (χ3n) is 5.32. The monoisotopic (exact) mass is 495 g/mol. The summed E-state index contributed by atoms with van der Waals surface area (Å²) in [5.41, 5.74) is 0.0821. The minimum absolute atomic E-state index is 0.0155. The molecule has 0 fully saturated rings. The summed E-state index contributed by atoms with van der Waals surface area (Å²) in [6.45, 7) is 0.108. The highest BCUT2D eigenvalue weighted by atomic mass is 32.1. The van der Waals surface area contributed by atoms with Crippen molar-refractivity contribution in [1.82, 2.24) is 9.13 Å². The number of anilines is 1. The van der Waals surface area contributed by atoms with Gasteiger partial charge in [0.2, 0.25) is 5.91 Å². The van der Waals surface area contributed by atoms with E-state index in [-0.39, 0.29) is 42.2 Å². The van der Waals surface area contributed by atoms with Gasteiger partial charge in [0.25, 0.3) is 5.56 Å². The highest BCUT2D eigenvalue weighted by Gasteiger charge is 2.19. The van der Waals surface area contributed by atoms with Crippen LogP contribution in [-0.2, 0) is 29.7 Å². The van der Waals surface area contributed by atoms with Crippen molar-refractivity contribution in [2.24, 2.45) is 7.05 Å². The Balaban J connectivity index is 1.46. The number of nitrogens with one attached hydrogen (secondary N) is 1. The summed E-state index contributed by atoms with van der Waals surface area (Å²) < 4.78 is 21.0. The average Bonchev–Trinajstić information content (AvgIpc) is 3.30. The van der Waals surface area contributed by atoms with E-state index in [0.29, 0.717) is 10.5 Å². The van der Waals surface area contributed by atoms with Gasteiger partial charge in [0.05, 0.1) is 5.39 Å². The van der Waals surface area contributed by atoms with E-state index < -0.39 is 23.0 Å². The second kappa shape index (κ2) is 10.5. The molecule has 0 spiro atoms. The fourth-order valence-corrected chi connectivity index (χ4v) is 4.56. The number of esters is 1. The molecule has 0 saturated heterocycles. The lowest BCUT2D eigenvalue weighted by atomic mass is 10.2. The molecule has 2 heterocycles. The fourth-order valence-electron chi connectivity index (χ4n) is 3.56. The molecule has 4 aromatic rings. The smallest absolute Gasteiger partial charge is 0.348 e. The third kappa shape index (κ3) is 5.55. The van der Waals surface area contributed by atoms with Crippen LogP contribution < -0.4 is 16.6 Å². The van der Waals surface area contributed by atoms with Gasteiger partial charge in [-0.15, -0.1) is 11.3 Å². The first-order valence-corrected chi connectivity index (χ1v) is 11.6. The number of nitrogens with zero attached hydrogens (tertiary/aromatic N) is 2. The number of hydrogen-bond donors (Lipinski definition) is 1. The SMILES string of the molecule is Cn1c(=O)n(CCCC(=O)Nc2cccc(F)c2)c(=O)c2cc(C(=O)OCc3ccccc3)sc21. The molecular weight excluding hydrogens is 473 g/mol. The molecule has 1 amide bonds. The van der Waals surface area contributed by atoms with Crippen LogP contribution in [0.3, 0.4) is 0 Å². The van der Waals surface area contributed by atoms with Crippen molar-refractivity contribution in [3.05, 3.63) is 97.8 Å². The van der Waals surface area contributed by atoms with Gasteiger partial charge in [-0.3, -0.25) is 18.7 Å². The molecule has 0 bridgehead atoms. The minimum Gasteiger partial charge on any atom is -0.457 e. The van der Waals surface area contributed by atoms with Gasteiger partial charge in [0.15, 0.2) is 0 Å². The topological polar surface area (TPSA) is 99.4 Å². The van der Waals surface area contributed by atoms with Gasteiger partial charge in [-0.1, -0.05) is 36.4 Å². The van der Waals surface area contributed by atoms with E-state index in [9.17, 15) is 23.6 Å². The Kier molecular flexibility index (Phi) is 7.21. The van der Waals surface area contributed by atoms with Crippen molar-refractivity contribution in [2.75, 3.05) is 5.32 Å². The van der Waals surface area contributed by atoms with Crippen molar-refractivity contribution in [3.8, 4) is 0 Å². The Morgan fingerprint density at radius 1 is 1.06 bits per heavy atom. The van der Waals surface area contributed by atoms with Crippen LogP contribution in [0.15, 0.2) is 70.3 Å². The first kappa shape index (κ1) is 24.1. The largest absolute Gasteiger partial charge is 0.457 e. The van der Waals surface area contributed by atoms with Crippen LogP contribution in [0.1, 0.15) is 28.1 Å². The van der Waals surface area contributed by atoms with Crippen molar-refractivity contribution >= 4 is 39.1 Å². The Morgan fingerprint density at radius 2 is 1.83 bits per heavy atom. The summed E-state index contributed by atoms with van der Waals surface area (Å²) in [5, 5.41) is 2.81. The minimum atomic E-state index is -0.581. The van der Waals surface area contributed by atoms with Gasteiger partial charge in [0.1, 0.15) is 22.1 Å². The summed E-state index contributed by atoms with van der Waals surface area (Å²) in [7, 11) is 1.52. The lowest BCUT2D eigenvalue weighted by molar-refractivity contribution is -0.116. The summed E-state index contributed by atoms with van der Waals surface area (Å²) in [4.78, 5) is 51.0. The number of thiophene rings is 1. The maximum atomic E-state index is 13.3. The zero-order chi connectivity index (χ0) is 24.9. The molecule has 2 aromatic carbocycles. The van der Waals surface area contributed by atoms with E-state index in [0.717, 1.165) is 21.5 Å². The van der Waals surface area contributed by atoms with Gasteiger partial charge >= 0.3 is 11.7 Å². The predicted octanol–water partition coefficient (Wildman–Crippen LogP) is 3.68. The number of benzene rings is 2. The van der Waals surface area contributed by atoms with Gasteiger partial charge < -0.3 is 10.1 Å². The highest BCUT2D eigenvalue weighted by Crippen LogP contribution is 2.23. The van der Waals surface area contributed by atoms with Gasteiger partial charge in [-0.05, 0) is 36.2 Å². The summed E-state index contributed by atoms with van der Waals surface area (Å²) in [6, 6.07) is 16.2. The number of hydrogen-bond acceptors (Lipinski definition) is 6. The molecule has 0 atom stereocenters. The number of aromatic nitrogens is 2. The molecule has 180 valence electrons. The number of amides is 1. The van der Waals surface area contributed by atoms with Crippen LogP contribution in [0.4, 0.5) is 10.1 Å². The van der Waals surface area contributed by atoms with Gasteiger partial charge in [-0.2, -0.15) is 0 Å². The number of carbonyl (C=O) groups is 2. The van der Waals surface area contributed by atoms with Gasteiger partial charge in [0, 0.05) is 25.7 Å². The number of fused-ring (bicyclic) bond motifs is 1. The summed E-state index contributed by atoms with van der Waals surface area (Å²) >= 11 is 1.02. The molecule has 0 aliphatic carbocycles. The molecule has 35 heavy (non-hydrogen) atoms. The average molecular weight is 496 g/mol. The lowest BCUT2D eigenvalue weighted by Gasteiger charge is -2.09. The Morgan fingerprint density at radius 3 is 2.57 bits per heavy atom. The van der Waals surface area contributed by atoms with E-state index in [1.54, 1.807) is 6.07 Å². The Labute approximate surface area is 203 Å². The second-order valence-corrected chi connectivity index (χ2v) is 8.88. The van der Waals surface area contributed by atoms with E-state index in [1.807, 2.05) is 30.3 Å². The molecule has 0 aliphatic heterocycles.